The number of ether oxygens (including phenoxy) is 1. The largest absolute Gasteiger partial charge is 0.494 e. The number of carbonyl (C=O) groups excluding carboxylic acids is 1. The Bertz CT molecular complexity index is 1110. The first-order chi connectivity index (χ1) is 16.2. The number of rotatable bonds is 6. The quantitative estimate of drug-likeness (QED) is 0.592. The second kappa shape index (κ2) is 10.1. The standard InChI is InChI=1S/C27H36N2O4S/c1-5-33-24-10-8-22(9-11-24)25-7-6-14-29(25)27(30)23-12-15-28(16-13-23)34(31,32)26-20(3)17-19(2)18-21(26)4/h8-11,17-18,23,25H,5-7,12-16H2,1-4H3. The van der Waals surface area contributed by atoms with Gasteiger partial charge in [0.2, 0.25) is 15.9 Å². The average molecular weight is 485 g/mol. The molecule has 0 radical (unpaired) electrons. The van der Waals surface area contributed by atoms with E-state index in [1.807, 2.05) is 56.9 Å². The summed E-state index contributed by atoms with van der Waals surface area (Å²) in [6.07, 6.45) is 3.07. The van der Waals surface area contributed by atoms with Crippen LogP contribution in [0.25, 0.3) is 0 Å². The predicted molar refractivity (Wildman–Crippen MR) is 133 cm³/mol. The third-order valence-corrected chi connectivity index (χ3v) is 9.32. The maximum absolute atomic E-state index is 13.5. The first kappa shape index (κ1) is 24.7. The van der Waals surface area contributed by atoms with Gasteiger partial charge < -0.3 is 9.64 Å². The number of nitrogens with zero attached hydrogens (tertiary/aromatic N) is 2. The van der Waals surface area contributed by atoms with Gasteiger partial charge in [0, 0.05) is 25.6 Å². The Hall–Kier alpha value is -2.38. The van der Waals surface area contributed by atoms with Crippen molar-refractivity contribution in [1.82, 2.24) is 9.21 Å². The minimum atomic E-state index is -3.57. The fourth-order valence-corrected chi connectivity index (χ4v) is 7.49. The molecule has 0 N–H and O–H groups in total. The number of sulfonamides is 1. The van der Waals surface area contributed by atoms with Gasteiger partial charge in [0.05, 0.1) is 17.5 Å². The molecule has 0 aliphatic carbocycles. The van der Waals surface area contributed by atoms with Gasteiger partial charge in [-0.25, -0.2) is 8.42 Å². The van der Waals surface area contributed by atoms with E-state index in [0.717, 1.165) is 47.4 Å². The van der Waals surface area contributed by atoms with E-state index in [1.54, 1.807) is 4.31 Å². The molecule has 1 unspecified atom stereocenters. The lowest BCUT2D eigenvalue weighted by Crippen LogP contribution is -2.44. The summed E-state index contributed by atoms with van der Waals surface area (Å²) in [4.78, 5) is 15.9. The van der Waals surface area contributed by atoms with E-state index in [2.05, 4.69) is 12.1 Å². The average Bonchev–Trinajstić information content (AvgIpc) is 3.28. The van der Waals surface area contributed by atoms with Gasteiger partial charge in [-0.05, 0) is 82.2 Å². The van der Waals surface area contributed by atoms with Crippen LogP contribution in [0.5, 0.6) is 5.75 Å². The smallest absolute Gasteiger partial charge is 0.243 e. The highest BCUT2D eigenvalue weighted by Crippen LogP contribution is 2.36. The number of aryl methyl sites for hydroxylation is 3. The highest BCUT2D eigenvalue weighted by molar-refractivity contribution is 7.89. The summed E-state index contributed by atoms with van der Waals surface area (Å²) in [5.74, 6) is 0.876. The molecule has 1 amide bonds. The molecule has 1 atom stereocenters. The van der Waals surface area contributed by atoms with Gasteiger partial charge in [-0.1, -0.05) is 29.8 Å². The monoisotopic (exact) mass is 484 g/mol. The molecule has 184 valence electrons. The van der Waals surface area contributed by atoms with Crippen LogP contribution in [0.1, 0.15) is 60.9 Å². The summed E-state index contributed by atoms with van der Waals surface area (Å²) < 4.78 is 33.9. The predicted octanol–water partition coefficient (Wildman–Crippen LogP) is 4.77. The zero-order valence-corrected chi connectivity index (χ0v) is 21.5. The van der Waals surface area contributed by atoms with Crippen LogP contribution in [0.4, 0.5) is 0 Å². The second-order valence-electron chi connectivity index (χ2n) is 9.60. The van der Waals surface area contributed by atoms with Crippen molar-refractivity contribution in [3.05, 3.63) is 58.7 Å². The van der Waals surface area contributed by atoms with Crippen LogP contribution in [0.15, 0.2) is 41.3 Å². The van der Waals surface area contributed by atoms with Gasteiger partial charge in [-0.15, -0.1) is 0 Å². The summed E-state index contributed by atoms with van der Waals surface area (Å²) in [5.41, 5.74) is 3.77. The highest BCUT2D eigenvalue weighted by Gasteiger charge is 2.38. The van der Waals surface area contributed by atoms with Crippen molar-refractivity contribution in [2.24, 2.45) is 5.92 Å². The molecule has 7 heteroatoms. The van der Waals surface area contributed by atoms with Crippen LogP contribution in [-0.4, -0.2) is 49.8 Å². The number of piperidine rings is 1. The summed E-state index contributed by atoms with van der Waals surface area (Å²) in [6.45, 7) is 9.81. The van der Waals surface area contributed by atoms with E-state index < -0.39 is 10.0 Å². The summed E-state index contributed by atoms with van der Waals surface area (Å²) in [5, 5.41) is 0. The second-order valence-corrected chi connectivity index (χ2v) is 11.5. The van der Waals surface area contributed by atoms with Gasteiger partial charge in [0.25, 0.3) is 0 Å². The van der Waals surface area contributed by atoms with Crippen LogP contribution in [0, 0.1) is 26.7 Å². The molecular weight excluding hydrogens is 448 g/mol. The van der Waals surface area contributed by atoms with Crippen molar-refractivity contribution in [1.29, 1.82) is 0 Å². The van der Waals surface area contributed by atoms with E-state index in [-0.39, 0.29) is 17.9 Å². The van der Waals surface area contributed by atoms with Crippen LogP contribution in [0.2, 0.25) is 0 Å². The third-order valence-electron chi connectivity index (χ3n) is 7.12. The third kappa shape index (κ3) is 4.86. The molecule has 2 aromatic carbocycles. The number of hydrogen-bond acceptors (Lipinski definition) is 4. The zero-order valence-electron chi connectivity index (χ0n) is 20.7. The molecule has 6 nitrogen and oxygen atoms in total. The Kier molecular flexibility index (Phi) is 7.33. The van der Waals surface area contributed by atoms with E-state index in [0.29, 0.717) is 37.4 Å². The van der Waals surface area contributed by atoms with Crippen LogP contribution in [-0.2, 0) is 14.8 Å². The Labute approximate surface area is 204 Å². The zero-order chi connectivity index (χ0) is 24.5. The Morgan fingerprint density at radius 1 is 0.971 bits per heavy atom. The van der Waals surface area contributed by atoms with Crippen LogP contribution >= 0.6 is 0 Å². The van der Waals surface area contributed by atoms with Crippen molar-refractivity contribution >= 4 is 15.9 Å². The lowest BCUT2D eigenvalue weighted by molar-refractivity contribution is -0.137. The molecule has 2 fully saturated rings. The molecule has 0 saturated carbocycles. The van der Waals surface area contributed by atoms with Gasteiger partial charge >= 0.3 is 0 Å². The Morgan fingerprint density at radius 2 is 1.59 bits per heavy atom. The maximum Gasteiger partial charge on any atom is 0.243 e. The maximum atomic E-state index is 13.5. The normalized spacial score (nSPS) is 20.0. The summed E-state index contributed by atoms with van der Waals surface area (Å²) in [7, 11) is -3.57. The topological polar surface area (TPSA) is 66.9 Å². The molecule has 4 rings (SSSR count). The molecule has 0 bridgehead atoms. The summed E-state index contributed by atoms with van der Waals surface area (Å²) in [6, 6.07) is 12.0. The number of carbonyl (C=O) groups is 1. The van der Waals surface area contributed by atoms with E-state index in [4.69, 9.17) is 4.74 Å². The molecule has 2 saturated heterocycles. The molecule has 2 aromatic rings. The van der Waals surface area contributed by atoms with Gasteiger partial charge in [-0.2, -0.15) is 4.31 Å². The van der Waals surface area contributed by atoms with Crippen LogP contribution < -0.4 is 4.74 Å². The lowest BCUT2D eigenvalue weighted by Gasteiger charge is -2.35. The minimum absolute atomic E-state index is 0.0859. The van der Waals surface area contributed by atoms with Crippen molar-refractivity contribution in [3.63, 3.8) is 0 Å². The number of hydrogen-bond donors (Lipinski definition) is 0. The van der Waals surface area contributed by atoms with Crippen molar-refractivity contribution < 1.29 is 17.9 Å². The van der Waals surface area contributed by atoms with Crippen molar-refractivity contribution in [2.75, 3.05) is 26.2 Å². The Morgan fingerprint density at radius 3 is 2.18 bits per heavy atom. The van der Waals surface area contributed by atoms with Crippen molar-refractivity contribution in [2.45, 2.75) is 64.3 Å². The van der Waals surface area contributed by atoms with Crippen LogP contribution in [0.3, 0.4) is 0 Å². The first-order valence-electron chi connectivity index (χ1n) is 12.3. The number of benzene rings is 2. The number of amides is 1. The minimum Gasteiger partial charge on any atom is -0.494 e. The fraction of sp³-hybridized carbons (Fsp3) is 0.519. The molecule has 2 aliphatic rings. The summed E-state index contributed by atoms with van der Waals surface area (Å²) >= 11 is 0. The first-order valence-corrected chi connectivity index (χ1v) is 13.8. The molecule has 2 heterocycles. The van der Waals surface area contributed by atoms with Gasteiger partial charge in [0.15, 0.2) is 0 Å². The van der Waals surface area contributed by atoms with Crippen molar-refractivity contribution in [3.8, 4) is 5.75 Å². The SMILES string of the molecule is CCOc1ccc(C2CCCN2C(=O)C2CCN(S(=O)(=O)c3c(C)cc(C)cc3C)CC2)cc1. The highest BCUT2D eigenvalue weighted by atomic mass is 32.2. The molecule has 2 aliphatic heterocycles. The lowest BCUT2D eigenvalue weighted by atomic mass is 9.95. The Balaban J connectivity index is 1.43. The fourth-order valence-electron chi connectivity index (χ4n) is 5.61. The van der Waals surface area contributed by atoms with E-state index in [1.165, 1.54) is 0 Å². The molecule has 0 spiro atoms. The number of likely N-dealkylation sites (tertiary alicyclic amines) is 1. The van der Waals surface area contributed by atoms with Gasteiger partial charge in [-0.3, -0.25) is 4.79 Å². The van der Waals surface area contributed by atoms with E-state index in [9.17, 15) is 13.2 Å². The van der Waals surface area contributed by atoms with Gasteiger partial charge in [0.1, 0.15) is 5.75 Å². The molecular formula is C27H36N2O4S. The molecule has 0 aromatic heterocycles. The molecule has 34 heavy (non-hydrogen) atoms. The van der Waals surface area contributed by atoms with E-state index >= 15 is 0 Å².